The molecule has 5 heteroatoms. The van der Waals surface area contributed by atoms with Gasteiger partial charge in [-0.15, -0.1) is 0 Å². The van der Waals surface area contributed by atoms with Crippen LogP contribution in [0.3, 0.4) is 0 Å². The molecule has 0 aliphatic heterocycles. The quantitative estimate of drug-likeness (QED) is 0.336. The van der Waals surface area contributed by atoms with Gasteiger partial charge in [-0.2, -0.15) is 0 Å². The van der Waals surface area contributed by atoms with Gasteiger partial charge in [-0.1, -0.05) is 26.7 Å². The van der Waals surface area contributed by atoms with Crippen LogP contribution in [0.2, 0.25) is 0 Å². The molecule has 126 valence electrons. The van der Waals surface area contributed by atoms with Crippen molar-refractivity contribution in [3.05, 3.63) is 29.8 Å². The van der Waals surface area contributed by atoms with Gasteiger partial charge in [0.1, 0.15) is 13.2 Å². The van der Waals surface area contributed by atoms with E-state index in [9.17, 15) is 4.79 Å². The largest absolute Gasteiger partial charge is 1.00 e. The molecule has 22 heavy (non-hydrogen) atoms. The van der Waals surface area contributed by atoms with Crippen LogP contribution in [0.5, 0.6) is 0 Å². The molecule has 0 aliphatic carbocycles. The molecular weight excluding hydrogens is 300 g/mol. The first-order chi connectivity index (χ1) is 10.2. The molecule has 0 saturated carbocycles. The number of esters is 1. The first kappa shape index (κ1) is 20.7. The van der Waals surface area contributed by atoms with Gasteiger partial charge in [-0.05, 0) is 37.1 Å². The van der Waals surface area contributed by atoms with Crippen LogP contribution in [-0.2, 0) is 4.74 Å². The first-order valence-corrected chi connectivity index (χ1v) is 8.01. The second-order valence-corrected chi connectivity index (χ2v) is 5.49. The van der Waals surface area contributed by atoms with Gasteiger partial charge in [0.25, 0.3) is 0 Å². The Labute approximate surface area is 140 Å². The van der Waals surface area contributed by atoms with Crippen molar-refractivity contribution in [1.29, 1.82) is 0 Å². The highest BCUT2D eigenvalue weighted by Crippen LogP contribution is 2.09. The number of nitrogen functional groups attached to an aromatic ring is 1. The number of halogens is 1. The lowest BCUT2D eigenvalue weighted by molar-refractivity contribution is -0.661. The Morgan fingerprint density at radius 2 is 1.95 bits per heavy atom. The van der Waals surface area contributed by atoms with Crippen molar-refractivity contribution in [2.45, 2.75) is 39.5 Å². The highest BCUT2D eigenvalue weighted by atomic mass is 35.5. The van der Waals surface area contributed by atoms with E-state index in [0.717, 1.165) is 19.0 Å². The maximum Gasteiger partial charge on any atom is 0.338 e. The molecule has 1 unspecified atom stereocenters. The molecule has 0 fully saturated rings. The Morgan fingerprint density at radius 3 is 2.55 bits per heavy atom. The van der Waals surface area contributed by atoms with E-state index in [2.05, 4.69) is 19.2 Å². The van der Waals surface area contributed by atoms with Gasteiger partial charge in [-0.25, -0.2) is 4.79 Å². The van der Waals surface area contributed by atoms with Crippen molar-refractivity contribution in [3.8, 4) is 0 Å². The van der Waals surface area contributed by atoms with Crippen molar-refractivity contribution in [2.24, 2.45) is 5.92 Å². The summed E-state index contributed by atoms with van der Waals surface area (Å²) in [6.07, 6.45) is 5.09. The molecule has 0 aromatic heterocycles. The molecular formula is C17H29ClN2O2. The van der Waals surface area contributed by atoms with Gasteiger partial charge in [-0.3, -0.25) is 0 Å². The summed E-state index contributed by atoms with van der Waals surface area (Å²) in [4.78, 5) is 11.8. The van der Waals surface area contributed by atoms with Crippen LogP contribution in [0, 0.1) is 5.92 Å². The highest BCUT2D eigenvalue weighted by Gasteiger charge is 2.09. The van der Waals surface area contributed by atoms with Gasteiger partial charge < -0.3 is 28.2 Å². The number of unbranched alkanes of at least 4 members (excludes halogenated alkanes) is 1. The van der Waals surface area contributed by atoms with E-state index in [1.54, 1.807) is 24.3 Å². The Morgan fingerprint density at radius 1 is 1.27 bits per heavy atom. The Hall–Kier alpha value is -1.26. The van der Waals surface area contributed by atoms with Gasteiger partial charge in [0.05, 0.1) is 12.1 Å². The minimum absolute atomic E-state index is 0. The van der Waals surface area contributed by atoms with E-state index < -0.39 is 0 Å². The topological polar surface area (TPSA) is 68.9 Å². The fourth-order valence-corrected chi connectivity index (χ4v) is 2.27. The first-order valence-electron chi connectivity index (χ1n) is 8.01. The summed E-state index contributed by atoms with van der Waals surface area (Å²) in [5.74, 6) is 0.499. The Bertz CT molecular complexity index is 410. The zero-order valence-corrected chi connectivity index (χ0v) is 14.4. The lowest BCUT2D eigenvalue weighted by atomic mass is 9.99. The minimum Gasteiger partial charge on any atom is -1.00 e. The van der Waals surface area contributed by atoms with Crippen LogP contribution in [0.4, 0.5) is 5.69 Å². The lowest BCUT2D eigenvalue weighted by Gasteiger charge is -2.12. The number of carbonyl (C=O) groups is 1. The predicted octanol–water partition coefficient (Wildman–Crippen LogP) is -0.791. The average molecular weight is 329 g/mol. The predicted molar refractivity (Wildman–Crippen MR) is 86.1 cm³/mol. The number of carbonyl (C=O) groups excluding carboxylic acids is 1. The molecule has 4 nitrogen and oxygen atoms in total. The van der Waals surface area contributed by atoms with E-state index in [-0.39, 0.29) is 18.4 Å². The molecule has 1 aromatic carbocycles. The molecule has 0 spiro atoms. The summed E-state index contributed by atoms with van der Waals surface area (Å²) in [5.41, 5.74) is 6.79. The smallest absolute Gasteiger partial charge is 0.338 e. The average Bonchev–Trinajstić information content (AvgIpc) is 2.50. The second-order valence-electron chi connectivity index (χ2n) is 5.49. The number of rotatable bonds is 10. The second kappa shape index (κ2) is 12.3. The summed E-state index contributed by atoms with van der Waals surface area (Å²) >= 11 is 0. The summed E-state index contributed by atoms with van der Waals surface area (Å²) < 4.78 is 5.25. The van der Waals surface area contributed by atoms with Gasteiger partial charge in [0.2, 0.25) is 0 Å². The number of ether oxygens (including phenoxy) is 1. The third kappa shape index (κ3) is 8.25. The molecule has 0 radical (unpaired) electrons. The molecule has 0 heterocycles. The van der Waals surface area contributed by atoms with E-state index in [1.165, 1.54) is 25.7 Å². The van der Waals surface area contributed by atoms with Gasteiger partial charge in [0, 0.05) is 11.6 Å². The number of benzene rings is 1. The maximum atomic E-state index is 11.8. The number of anilines is 1. The molecule has 0 aliphatic rings. The summed E-state index contributed by atoms with van der Waals surface area (Å²) in [5, 5.41) is 2.25. The summed E-state index contributed by atoms with van der Waals surface area (Å²) in [6, 6.07) is 6.81. The van der Waals surface area contributed by atoms with Crippen LogP contribution >= 0.6 is 0 Å². The van der Waals surface area contributed by atoms with Crippen LogP contribution in [0.1, 0.15) is 49.9 Å². The lowest BCUT2D eigenvalue weighted by Crippen LogP contribution is -3.00. The number of hydrogen-bond acceptors (Lipinski definition) is 3. The Balaban J connectivity index is 0.00000441. The summed E-state index contributed by atoms with van der Waals surface area (Å²) in [7, 11) is 0. The SMILES string of the molecule is CCCCC(CC)C[NH2+]CCOC(=O)c1ccc(N)cc1.[Cl-]. The van der Waals surface area contributed by atoms with Gasteiger partial charge in [0.15, 0.2) is 0 Å². The third-order valence-electron chi connectivity index (χ3n) is 3.74. The molecule has 0 amide bonds. The molecule has 1 atom stereocenters. The van der Waals surface area contributed by atoms with Crippen molar-refractivity contribution >= 4 is 11.7 Å². The monoisotopic (exact) mass is 328 g/mol. The molecule has 0 saturated heterocycles. The molecule has 1 rings (SSSR count). The zero-order chi connectivity index (χ0) is 15.5. The van der Waals surface area contributed by atoms with Crippen molar-refractivity contribution in [3.63, 3.8) is 0 Å². The maximum absolute atomic E-state index is 11.8. The highest BCUT2D eigenvalue weighted by molar-refractivity contribution is 5.89. The Kier molecular flexibility index (Phi) is 11.6. The fourth-order valence-electron chi connectivity index (χ4n) is 2.27. The minimum atomic E-state index is -0.276. The molecule has 0 bridgehead atoms. The van der Waals surface area contributed by atoms with Crippen LogP contribution in [-0.4, -0.2) is 25.7 Å². The molecule has 1 aromatic rings. The van der Waals surface area contributed by atoms with Crippen molar-refractivity contribution < 1.29 is 27.3 Å². The van der Waals surface area contributed by atoms with E-state index in [1.807, 2.05) is 0 Å². The van der Waals surface area contributed by atoms with Crippen LogP contribution in [0.15, 0.2) is 24.3 Å². The van der Waals surface area contributed by atoms with E-state index in [0.29, 0.717) is 17.9 Å². The van der Waals surface area contributed by atoms with Crippen LogP contribution in [0.25, 0.3) is 0 Å². The number of nitrogens with two attached hydrogens (primary N) is 2. The zero-order valence-electron chi connectivity index (χ0n) is 13.7. The van der Waals surface area contributed by atoms with Crippen molar-refractivity contribution in [1.82, 2.24) is 0 Å². The third-order valence-corrected chi connectivity index (χ3v) is 3.74. The standard InChI is InChI=1S/C17H28N2O2.ClH/c1-3-5-6-14(4-2)13-19-11-12-21-17(20)15-7-9-16(18)10-8-15;/h7-10,14,19H,3-6,11-13,18H2,1-2H3;1H. The van der Waals surface area contributed by atoms with E-state index in [4.69, 9.17) is 10.5 Å². The summed E-state index contributed by atoms with van der Waals surface area (Å²) in [6.45, 7) is 6.87. The number of hydrogen-bond donors (Lipinski definition) is 2. The normalized spacial score (nSPS) is 11.5. The van der Waals surface area contributed by atoms with Crippen LogP contribution < -0.4 is 23.5 Å². The fraction of sp³-hybridized carbons (Fsp3) is 0.588. The van der Waals surface area contributed by atoms with Crippen molar-refractivity contribution in [2.75, 3.05) is 25.4 Å². The number of quaternary nitrogens is 1. The van der Waals surface area contributed by atoms with E-state index >= 15 is 0 Å². The van der Waals surface area contributed by atoms with Gasteiger partial charge >= 0.3 is 5.97 Å². The molecule has 4 N–H and O–H groups in total.